The second-order valence-corrected chi connectivity index (χ2v) is 8.57. The smallest absolute Gasteiger partial charge is 0.261 e. The molecule has 0 saturated carbocycles. The maximum absolute atomic E-state index is 13.3. The fourth-order valence-corrected chi connectivity index (χ4v) is 3.74. The van der Waals surface area contributed by atoms with E-state index in [4.69, 9.17) is 16.3 Å². The summed E-state index contributed by atoms with van der Waals surface area (Å²) in [6.45, 7) is 8.84. The number of para-hydroxylation sites is 1. The van der Waals surface area contributed by atoms with Gasteiger partial charge in [-0.3, -0.25) is 9.59 Å². The van der Waals surface area contributed by atoms with Crippen LogP contribution in [0.15, 0.2) is 48.5 Å². The Kier molecular flexibility index (Phi) is 10.5. The normalized spacial score (nSPS) is 11.8. The van der Waals surface area contributed by atoms with Crippen molar-refractivity contribution >= 4 is 23.4 Å². The molecule has 0 aliphatic heterocycles. The number of carbonyl (C=O) groups excluding carboxylic acids is 2. The number of rotatable bonds is 12. The van der Waals surface area contributed by atoms with E-state index in [1.165, 1.54) is 0 Å². The minimum atomic E-state index is -0.598. The SMILES string of the molecule is CCCCNC(=O)[C@H](CC)N(Cc1ccccc1Cl)C(=O)COc1ccccc1C(C)C. The van der Waals surface area contributed by atoms with Gasteiger partial charge in [-0.2, -0.15) is 0 Å². The van der Waals surface area contributed by atoms with E-state index >= 15 is 0 Å². The maximum atomic E-state index is 13.3. The Morgan fingerprint density at radius 1 is 1.06 bits per heavy atom. The van der Waals surface area contributed by atoms with Gasteiger partial charge in [0.2, 0.25) is 5.91 Å². The quantitative estimate of drug-likeness (QED) is 0.423. The van der Waals surface area contributed by atoms with Gasteiger partial charge in [0.15, 0.2) is 6.61 Å². The van der Waals surface area contributed by atoms with Crippen molar-refractivity contribution in [3.63, 3.8) is 0 Å². The van der Waals surface area contributed by atoms with Crippen LogP contribution in [0, 0.1) is 0 Å². The lowest BCUT2D eigenvalue weighted by Crippen LogP contribution is -2.50. The van der Waals surface area contributed by atoms with Crippen molar-refractivity contribution in [2.24, 2.45) is 0 Å². The molecule has 0 spiro atoms. The summed E-state index contributed by atoms with van der Waals surface area (Å²) in [5, 5.41) is 3.53. The highest BCUT2D eigenvalue weighted by atomic mass is 35.5. The van der Waals surface area contributed by atoms with Gasteiger partial charge >= 0.3 is 0 Å². The third-order valence-electron chi connectivity index (χ3n) is 5.41. The minimum absolute atomic E-state index is 0.146. The van der Waals surface area contributed by atoms with E-state index in [0.29, 0.717) is 23.7 Å². The fourth-order valence-electron chi connectivity index (χ4n) is 3.55. The topological polar surface area (TPSA) is 58.6 Å². The molecule has 0 aliphatic rings. The zero-order valence-corrected chi connectivity index (χ0v) is 20.3. The number of hydrogen-bond donors (Lipinski definition) is 1. The van der Waals surface area contributed by atoms with Crippen molar-refractivity contribution in [3.05, 3.63) is 64.7 Å². The van der Waals surface area contributed by atoms with Crippen LogP contribution in [0.2, 0.25) is 5.02 Å². The van der Waals surface area contributed by atoms with E-state index in [-0.39, 0.29) is 30.9 Å². The van der Waals surface area contributed by atoms with Crippen LogP contribution >= 0.6 is 11.6 Å². The van der Waals surface area contributed by atoms with Gasteiger partial charge in [-0.05, 0) is 42.0 Å². The average molecular weight is 459 g/mol. The predicted octanol–water partition coefficient (Wildman–Crippen LogP) is 5.57. The highest BCUT2D eigenvalue weighted by Crippen LogP contribution is 2.26. The Bertz CT molecular complexity index is 885. The van der Waals surface area contributed by atoms with E-state index in [0.717, 1.165) is 24.0 Å². The second-order valence-electron chi connectivity index (χ2n) is 8.16. The lowest BCUT2D eigenvalue weighted by atomic mass is 10.0. The number of amides is 2. The number of halogens is 1. The molecule has 2 aromatic carbocycles. The first-order chi connectivity index (χ1) is 15.4. The highest BCUT2D eigenvalue weighted by molar-refractivity contribution is 6.31. The number of benzene rings is 2. The number of ether oxygens (including phenoxy) is 1. The zero-order chi connectivity index (χ0) is 23.5. The monoisotopic (exact) mass is 458 g/mol. The fraction of sp³-hybridized carbons (Fsp3) is 0.462. The third-order valence-corrected chi connectivity index (χ3v) is 5.77. The molecule has 5 nitrogen and oxygen atoms in total. The number of hydrogen-bond acceptors (Lipinski definition) is 3. The molecule has 6 heteroatoms. The van der Waals surface area contributed by atoms with Crippen molar-refractivity contribution < 1.29 is 14.3 Å². The summed E-state index contributed by atoms with van der Waals surface area (Å²) in [5.74, 6) is 0.562. The number of carbonyl (C=O) groups is 2. The van der Waals surface area contributed by atoms with Gasteiger partial charge in [0, 0.05) is 18.1 Å². The largest absolute Gasteiger partial charge is 0.483 e. The summed E-state index contributed by atoms with van der Waals surface area (Å²) in [6.07, 6.45) is 2.38. The molecule has 2 amide bonds. The number of nitrogens with zero attached hydrogens (tertiary/aromatic N) is 1. The van der Waals surface area contributed by atoms with Crippen LogP contribution in [0.5, 0.6) is 5.75 Å². The molecular formula is C26H35ClN2O3. The van der Waals surface area contributed by atoms with Crippen molar-refractivity contribution in [1.29, 1.82) is 0 Å². The van der Waals surface area contributed by atoms with E-state index in [2.05, 4.69) is 26.1 Å². The van der Waals surface area contributed by atoms with Gasteiger partial charge in [-0.15, -0.1) is 0 Å². The number of nitrogens with one attached hydrogen (secondary N) is 1. The minimum Gasteiger partial charge on any atom is -0.483 e. The summed E-state index contributed by atoms with van der Waals surface area (Å²) in [5.41, 5.74) is 1.84. The molecule has 2 rings (SSSR count). The molecule has 1 atom stereocenters. The summed E-state index contributed by atoms with van der Waals surface area (Å²) in [7, 11) is 0. The summed E-state index contributed by atoms with van der Waals surface area (Å²) < 4.78 is 5.93. The van der Waals surface area contributed by atoms with Crippen LogP contribution in [-0.2, 0) is 16.1 Å². The van der Waals surface area contributed by atoms with Gasteiger partial charge in [0.1, 0.15) is 11.8 Å². The lowest BCUT2D eigenvalue weighted by molar-refractivity contribution is -0.143. The molecular weight excluding hydrogens is 424 g/mol. The van der Waals surface area contributed by atoms with E-state index in [1.807, 2.05) is 49.4 Å². The molecule has 0 fully saturated rings. The van der Waals surface area contributed by atoms with Crippen LogP contribution in [0.3, 0.4) is 0 Å². The van der Waals surface area contributed by atoms with Crippen LogP contribution in [0.1, 0.15) is 64.0 Å². The Hall–Kier alpha value is -2.53. The molecule has 0 bridgehead atoms. The summed E-state index contributed by atoms with van der Waals surface area (Å²) in [6, 6.07) is 14.5. The van der Waals surface area contributed by atoms with E-state index in [9.17, 15) is 9.59 Å². The van der Waals surface area contributed by atoms with Gasteiger partial charge < -0.3 is 15.0 Å². The van der Waals surface area contributed by atoms with E-state index in [1.54, 1.807) is 11.0 Å². The molecule has 0 radical (unpaired) electrons. The van der Waals surface area contributed by atoms with Gasteiger partial charge in [-0.1, -0.05) is 82.1 Å². The molecule has 0 unspecified atom stereocenters. The molecule has 174 valence electrons. The average Bonchev–Trinajstić information content (AvgIpc) is 2.78. The summed E-state index contributed by atoms with van der Waals surface area (Å²) >= 11 is 6.36. The van der Waals surface area contributed by atoms with Crippen LogP contribution < -0.4 is 10.1 Å². The zero-order valence-electron chi connectivity index (χ0n) is 19.6. The molecule has 32 heavy (non-hydrogen) atoms. The Morgan fingerprint density at radius 3 is 2.41 bits per heavy atom. The molecule has 0 saturated heterocycles. The predicted molar refractivity (Wildman–Crippen MR) is 130 cm³/mol. The van der Waals surface area contributed by atoms with Crippen molar-refractivity contribution in [1.82, 2.24) is 10.2 Å². The molecule has 0 aliphatic carbocycles. The first kappa shape index (κ1) is 25.7. The molecule has 0 aromatic heterocycles. The molecule has 0 heterocycles. The number of unbranched alkanes of at least 4 members (excludes halogenated alkanes) is 1. The Labute approximate surface area is 197 Å². The van der Waals surface area contributed by atoms with Crippen LogP contribution in [0.25, 0.3) is 0 Å². The second kappa shape index (κ2) is 13.1. The highest BCUT2D eigenvalue weighted by Gasteiger charge is 2.29. The first-order valence-corrected chi connectivity index (χ1v) is 11.8. The van der Waals surface area contributed by atoms with Gasteiger partial charge in [0.05, 0.1) is 0 Å². The van der Waals surface area contributed by atoms with Crippen LogP contribution in [-0.4, -0.2) is 35.9 Å². The van der Waals surface area contributed by atoms with Crippen molar-refractivity contribution in [3.8, 4) is 5.75 Å². The first-order valence-electron chi connectivity index (χ1n) is 11.4. The standard InChI is InChI=1S/C26H35ClN2O3/c1-5-7-16-28-26(31)23(6-2)29(17-20-12-8-10-14-22(20)27)25(30)18-32-24-15-11-9-13-21(24)19(3)4/h8-15,19,23H,5-7,16-18H2,1-4H3,(H,28,31)/t23-/m0/s1. The maximum Gasteiger partial charge on any atom is 0.261 e. The Morgan fingerprint density at radius 2 is 1.75 bits per heavy atom. The van der Waals surface area contributed by atoms with E-state index < -0.39 is 6.04 Å². The molecule has 1 N–H and O–H groups in total. The van der Waals surface area contributed by atoms with Crippen LogP contribution in [0.4, 0.5) is 0 Å². The van der Waals surface area contributed by atoms with Gasteiger partial charge in [-0.25, -0.2) is 0 Å². The Balaban J connectivity index is 2.23. The van der Waals surface area contributed by atoms with Crippen molar-refractivity contribution in [2.45, 2.75) is 65.5 Å². The molecule has 2 aromatic rings. The van der Waals surface area contributed by atoms with Crippen molar-refractivity contribution in [2.75, 3.05) is 13.2 Å². The third kappa shape index (κ3) is 7.27. The lowest BCUT2D eigenvalue weighted by Gasteiger charge is -2.31. The van der Waals surface area contributed by atoms with Gasteiger partial charge in [0.25, 0.3) is 5.91 Å². The summed E-state index contributed by atoms with van der Waals surface area (Å²) in [4.78, 5) is 27.8.